The molecule has 4 nitrogen and oxygen atoms in total. The highest BCUT2D eigenvalue weighted by Gasteiger charge is 2.07. The van der Waals surface area contributed by atoms with E-state index in [1.807, 2.05) is 6.92 Å². The fraction of sp³-hybridized carbons (Fsp3) is 0.571. The minimum absolute atomic E-state index is 0.264. The molecule has 0 aromatic carbocycles. The van der Waals surface area contributed by atoms with E-state index in [4.69, 9.17) is 5.21 Å². The highest BCUT2D eigenvalue weighted by atomic mass is 16.9. The summed E-state index contributed by atoms with van der Waals surface area (Å²) in [5.74, 6) is -0.610. The van der Waals surface area contributed by atoms with Gasteiger partial charge in [-0.3, -0.25) is 5.21 Å². The molecule has 0 rings (SSSR count). The van der Waals surface area contributed by atoms with Crippen LogP contribution in [0.1, 0.15) is 20.3 Å². The molecule has 0 saturated heterocycles. The van der Waals surface area contributed by atoms with Crippen molar-refractivity contribution in [2.75, 3.05) is 6.54 Å². The van der Waals surface area contributed by atoms with Gasteiger partial charge in [0, 0.05) is 5.57 Å². The number of carbonyl (C=O) groups is 1. The average Bonchev–Trinajstić information content (AvgIpc) is 1.87. The topological polar surface area (TPSA) is 49.8 Å². The Labute approximate surface area is 66.0 Å². The number of nitrogens with zero attached hydrogens (tertiary/aromatic N) is 1. The van der Waals surface area contributed by atoms with Crippen molar-refractivity contribution in [1.29, 1.82) is 0 Å². The molecule has 64 valence electrons. The molecule has 0 amide bonds. The molecule has 0 heterocycles. The first-order valence-electron chi connectivity index (χ1n) is 3.42. The van der Waals surface area contributed by atoms with Crippen LogP contribution in [0.4, 0.5) is 0 Å². The third kappa shape index (κ3) is 4.52. The first kappa shape index (κ1) is 10.1. The molecule has 4 heteroatoms. The summed E-state index contributed by atoms with van der Waals surface area (Å²) in [5, 5.41) is 9.33. The van der Waals surface area contributed by atoms with Crippen LogP contribution < -0.4 is 0 Å². The third-order valence-electron chi connectivity index (χ3n) is 0.952. The molecule has 0 unspecified atom stereocenters. The zero-order chi connectivity index (χ0) is 8.85. The van der Waals surface area contributed by atoms with Gasteiger partial charge in [-0.05, 0) is 18.6 Å². The van der Waals surface area contributed by atoms with Gasteiger partial charge in [0.05, 0.1) is 6.54 Å². The standard InChI is InChI=1S/C7H13NO3/c1-4-5-8(10)11-7(9)6(2)3/h10H,2,4-5H2,1,3H3. The van der Waals surface area contributed by atoms with Gasteiger partial charge in [0.15, 0.2) is 0 Å². The maximum Gasteiger partial charge on any atom is 0.354 e. The zero-order valence-electron chi connectivity index (χ0n) is 6.83. The van der Waals surface area contributed by atoms with Crippen LogP contribution in [0.2, 0.25) is 0 Å². The van der Waals surface area contributed by atoms with Crippen molar-refractivity contribution in [3.63, 3.8) is 0 Å². The van der Waals surface area contributed by atoms with Crippen LogP contribution >= 0.6 is 0 Å². The van der Waals surface area contributed by atoms with Crippen LogP contribution in [-0.2, 0) is 9.63 Å². The summed E-state index contributed by atoms with van der Waals surface area (Å²) >= 11 is 0. The van der Waals surface area contributed by atoms with E-state index in [1.54, 1.807) is 0 Å². The van der Waals surface area contributed by atoms with Gasteiger partial charge in [0.25, 0.3) is 0 Å². The fourth-order valence-electron chi connectivity index (χ4n) is 0.411. The van der Waals surface area contributed by atoms with Gasteiger partial charge in [0.1, 0.15) is 0 Å². The summed E-state index contributed by atoms with van der Waals surface area (Å²) in [4.78, 5) is 15.1. The molecule has 0 aliphatic heterocycles. The minimum atomic E-state index is -0.610. The Bertz CT molecular complexity index is 156. The average molecular weight is 159 g/mol. The minimum Gasteiger partial charge on any atom is -0.338 e. The molecule has 0 atom stereocenters. The van der Waals surface area contributed by atoms with Crippen molar-refractivity contribution in [2.45, 2.75) is 20.3 Å². The van der Waals surface area contributed by atoms with Crippen LogP contribution in [0.15, 0.2) is 12.2 Å². The van der Waals surface area contributed by atoms with Gasteiger partial charge in [-0.25, -0.2) is 4.79 Å². The number of carbonyl (C=O) groups excluding carboxylic acids is 1. The van der Waals surface area contributed by atoms with E-state index < -0.39 is 5.97 Å². The molecule has 0 fully saturated rings. The summed E-state index contributed by atoms with van der Waals surface area (Å²) in [6, 6.07) is 0. The maximum atomic E-state index is 10.7. The maximum absolute atomic E-state index is 10.7. The first-order valence-corrected chi connectivity index (χ1v) is 3.42. The quantitative estimate of drug-likeness (QED) is 0.493. The van der Waals surface area contributed by atoms with Gasteiger partial charge in [0.2, 0.25) is 0 Å². The second-order valence-electron chi connectivity index (χ2n) is 2.23. The number of hydrogen-bond acceptors (Lipinski definition) is 4. The van der Waals surface area contributed by atoms with Crippen molar-refractivity contribution in [2.24, 2.45) is 0 Å². The second kappa shape index (κ2) is 4.87. The lowest BCUT2D eigenvalue weighted by molar-refractivity contribution is -0.314. The SMILES string of the molecule is C=C(C)C(=O)ON(O)CCC. The van der Waals surface area contributed by atoms with E-state index in [0.29, 0.717) is 18.2 Å². The Morgan fingerprint density at radius 3 is 2.64 bits per heavy atom. The molecule has 0 aromatic rings. The van der Waals surface area contributed by atoms with E-state index in [0.717, 1.165) is 0 Å². The molecule has 0 aliphatic carbocycles. The summed E-state index contributed by atoms with van der Waals surface area (Å²) in [7, 11) is 0. The van der Waals surface area contributed by atoms with Crippen LogP contribution in [0.3, 0.4) is 0 Å². The molecular weight excluding hydrogens is 146 g/mol. The molecule has 0 bridgehead atoms. The zero-order valence-corrected chi connectivity index (χ0v) is 6.83. The van der Waals surface area contributed by atoms with E-state index >= 15 is 0 Å². The highest BCUT2D eigenvalue weighted by molar-refractivity contribution is 5.86. The molecular formula is C7H13NO3. The van der Waals surface area contributed by atoms with Gasteiger partial charge >= 0.3 is 5.97 Å². The van der Waals surface area contributed by atoms with Crippen molar-refractivity contribution < 1.29 is 14.8 Å². The summed E-state index contributed by atoms with van der Waals surface area (Å²) in [6.07, 6.45) is 0.708. The summed E-state index contributed by atoms with van der Waals surface area (Å²) in [5.41, 5.74) is 0.264. The molecule has 0 spiro atoms. The lowest BCUT2D eigenvalue weighted by Crippen LogP contribution is -2.24. The Morgan fingerprint density at radius 1 is 1.73 bits per heavy atom. The van der Waals surface area contributed by atoms with Crippen LogP contribution in [-0.4, -0.2) is 22.9 Å². The lowest BCUT2D eigenvalue weighted by Gasteiger charge is -2.11. The number of rotatable bonds is 4. The number of hydroxylamine groups is 2. The van der Waals surface area contributed by atoms with E-state index in [9.17, 15) is 4.79 Å². The summed E-state index contributed by atoms with van der Waals surface area (Å²) in [6.45, 7) is 7.04. The second-order valence-corrected chi connectivity index (χ2v) is 2.23. The molecule has 0 aromatic heterocycles. The fourth-order valence-corrected chi connectivity index (χ4v) is 0.411. The van der Waals surface area contributed by atoms with Crippen LogP contribution in [0.5, 0.6) is 0 Å². The molecule has 1 N–H and O–H groups in total. The van der Waals surface area contributed by atoms with Crippen molar-refractivity contribution in [1.82, 2.24) is 5.23 Å². The van der Waals surface area contributed by atoms with Crippen LogP contribution in [0, 0.1) is 0 Å². The van der Waals surface area contributed by atoms with E-state index in [-0.39, 0.29) is 5.57 Å². The molecule has 0 aliphatic rings. The van der Waals surface area contributed by atoms with Crippen molar-refractivity contribution in [3.05, 3.63) is 12.2 Å². The Balaban J connectivity index is 3.66. The monoisotopic (exact) mass is 159 g/mol. The van der Waals surface area contributed by atoms with Crippen molar-refractivity contribution >= 4 is 5.97 Å². The van der Waals surface area contributed by atoms with E-state index in [1.165, 1.54) is 6.92 Å². The Kier molecular flexibility index (Phi) is 4.49. The number of hydrogen-bond donors (Lipinski definition) is 1. The smallest absolute Gasteiger partial charge is 0.338 e. The highest BCUT2D eigenvalue weighted by Crippen LogP contribution is 1.95. The first-order chi connectivity index (χ1) is 5.07. The predicted octanol–water partition coefficient (Wildman–Crippen LogP) is 1.12. The largest absolute Gasteiger partial charge is 0.354 e. The Hall–Kier alpha value is -0.870. The van der Waals surface area contributed by atoms with Gasteiger partial charge in [-0.15, -0.1) is 0 Å². The third-order valence-corrected chi connectivity index (χ3v) is 0.952. The van der Waals surface area contributed by atoms with Gasteiger partial charge < -0.3 is 4.84 Å². The van der Waals surface area contributed by atoms with Gasteiger partial charge in [-0.2, -0.15) is 0 Å². The molecule has 0 radical (unpaired) electrons. The lowest BCUT2D eigenvalue weighted by atomic mass is 10.4. The van der Waals surface area contributed by atoms with E-state index in [2.05, 4.69) is 11.4 Å². The van der Waals surface area contributed by atoms with Gasteiger partial charge in [-0.1, -0.05) is 13.5 Å². The van der Waals surface area contributed by atoms with Crippen LogP contribution in [0.25, 0.3) is 0 Å². The normalized spacial score (nSPS) is 9.82. The predicted molar refractivity (Wildman–Crippen MR) is 39.7 cm³/mol. The van der Waals surface area contributed by atoms with Crippen molar-refractivity contribution in [3.8, 4) is 0 Å². The molecule has 0 saturated carbocycles. The summed E-state index contributed by atoms with van der Waals surface area (Å²) < 4.78 is 0. The Morgan fingerprint density at radius 2 is 2.27 bits per heavy atom. The molecule has 11 heavy (non-hydrogen) atoms.